The summed E-state index contributed by atoms with van der Waals surface area (Å²) in [4.78, 5) is 14.3. The molecule has 116 valence electrons. The number of nitrogens with two attached hydrogens (primary N) is 1. The molecule has 22 heavy (non-hydrogen) atoms. The Hall–Kier alpha value is -2.28. The second-order valence-corrected chi connectivity index (χ2v) is 5.41. The highest BCUT2D eigenvalue weighted by Gasteiger charge is 2.28. The van der Waals surface area contributed by atoms with Gasteiger partial charge < -0.3 is 10.6 Å². The van der Waals surface area contributed by atoms with Crippen LogP contribution in [0.4, 0.5) is 4.39 Å². The predicted octanol–water partition coefficient (Wildman–Crippen LogP) is 1.36. The minimum Gasteiger partial charge on any atom is -0.333 e. The molecule has 1 fully saturated rings. The zero-order valence-electron chi connectivity index (χ0n) is 12.2. The number of rotatable bonds is 3. The second kappa shape index (κ2) is 6.23. The fraction of sp³-hybridized carbons (Fsp3) is 0.400. The number of carbonyl (C=O) groups is 1. The van der Waals surface area contributed by atoms with E-state index in [2.05, 4.69) is 10.3 Å². The SMILES string of the molecule is NCC1CCCCN1C(=O)c1cn(-c2ccc(F)cc2)nn1. The van der Waals surface area contributed by atoms with Gasteiger partial charge in [-0.2, -0.15) is 0 Å². The molecular formula is C15H18FN5O. The normalized spacial score (nSPS) is 18.5. The molecule has 1 unspecified atom stereocenters. The number of nitrogens with zero attached hydrogens (tertiary/aromatic N) is 4. The predicted molar refractivity (Wildman–Crippen MR) is 79.0 cm³/mol. The highest BCUT2D eigenvalue weighted by molar-refractivity contribution is 5.92. The van der Waals surface area contributed by atoms with Gasteiger partial charge in [0.05, 0.1) is 11.9 Å². The molecule has 1 saturated heterocycles. The summed E-state index contributed by atoms with van der Waals surface area (Å²) in [5.74, 6) is -0.470. The Morgan fingerprint density at radius 3 is 2.82 bits per heavy atom. The fourth-order valence-corrected chi connectivity index (χ4v) is 2.74. The lowest BCUT2D eigenvalue weighted by molar-refractivity contribution is 0.0617. The first-order valence-corrected chi connectivity index (χ1v) is 7.38. The smallest absolute Gasteiger partial charge is 0.276 e. The van der Waals surface area contributed by atoms with E-state index in [1.165, 1.54) is 16.8 Å². The van der Waals surface area contributed by atoms with Gasteiger partial charge >= 0.3 is 0 Å². The summed E-state index contributed by atoms with van der Waals surface area (Å²) in [6.07, 6.45) is 4.56. The number of likely N-dealkylation sites (tertiary alicyclic amines) is 1. The van der Waals surface area contributed by atoms with Crippen LogP contribution in [-0.2, 0) is 0 Å². The monoisotopic (exact) mass is 303 g/mol. The van der Waals surface area contributed by atoms with E-state index >= 15 is 0 Å². The van der Waals surface area contributed by atoms with Crippen molar-refractivity contribution < 1.29 is 9.18 Å². The van der Waals surface area contributed by atoms with Crippen molar-refractivity contribution in [2.75, 3.05) is 13.1 Å². The van der Waals surface area contributed by atoms with Gasteiger partial charge in [0.15, 0.2) is 5.69 Å². The van der Waals surface area contributed by atoms with Crippen LogP contribution in [0.2, 0.25) is 0 Å². The maximum atomic E-state index is 12.9. The van der Waals surface area contributed by atoms with Crippen molar-refractivity contribution in [1.82, 2.24) is 19.9 Å². The summed E-state index contributed by atoms with van der Waals surface area (Å²) in [6.45, 7) is 1.15. The van der Waals surface area contributed by atoms with E-state index in [0.717, 1.165) is 19.3 Å². The van der Waals surface area contributed by atoms with Gasteiger partial charge in [0.1, 0.15) is 5.82 Å². The average molecular weight is 303 g/mol. The van der Waals surface area contributed by atoms with Gasteiger partial charge in [-0.15, -0.1) is 5.10 Å². The molecule has 0 radical (unpaired) electrons. The van der Waals surface area contributed by atoms with Gasteiger partial charge in [-0.3, -0.25) is 4.79 Å². The van der Waals surface area contributed by atoms with E-state index in [1.807, 2.05) is 0 Å². The molecule has 1 aromatic carbocycles. The van der Waals surface area contributed by atoms with E-state index < -0.39 is 0 Å². The van der Waals surface area contributed by atoms with Gasteiger partial charge in [0.2, 0.25) is 0 Å². The van der Waals surface area contributed by atoms with Gasteiger partial charge in [0.25, 0.3) is 5.91 Å². The topological polar surface area (TPSA) is 77.0 Å². The third kappa shape index (κ3) is 2.85. The Morgan fingerprint density at radius 2 is 2.09 bits per heavy atom. The Labute approximate surface area is 127 Å². The fourth-order valence-electron chi connectivity index (χ4n) is 2.74. The van der Waals surface area contributed by atoms with Crippen molar-refractivity contribution in [2.45, 2.75) is 25.3 Å². The Balaban J connectivity index is 1.80. The summed E-state index contributed by atoms with van der Waals surface area (Å²) in [6, 6.07) is 5.92. The molecule has 1 atom stereocenters. The third-order valence-electron chi connectivity index (χ3n) is 3.96. The molecule has 7 heteroatoms. The molecule has 0 bridgehead atoms. The zero-order chi connectivity index (χ0) is 15.5. The number of amides is 1. The van der Waals surface area contributed by atoms with Crippen LogP contribution in [0.25, 0.3) is 5.69 Å². The highest BCUT2D eigenvalue weighted by atomic mass is 19.1. The van der Waals surface area contributed by atoms with E-state index in [-0.39, 0.29) is 23.5 Å². The average Bonchev–Trinajstić information content (AvgIpc) is 3.05. The third-order valence-corrected chi connectivity index (χ3v) is 3.96. The number of hydrogen-bond acceptors (Lipinski definition) is 4. The molecule has 2 N–H and O–H groups in total. The minimum absolute atomic E-state index is 0.0669. The van der Waals surface area contributed by atoms with Crippen LogP contribution < -0.4 is 5.73 Å². The zero-order valence-corrected chi connectivity index (χ0v) is 12.2. The maximum Gasteiger partial charge on any atom is 0.276 e. The van der Waals surface area contributed by atoms with Crippen LogP contribution in [-0.4, -0.2) is 44.9 Å². The number of aromatic nitrogens is 3. The first-order valence-electron chi connectivity index (χ1n) is 7.38. The summed E-state index contributed by atoms with van der Waals surface area (Å²) in [5, 5.41) is 7.89. The summed E-state index contributed by atoms with van der Waals surface area (Å²) < 4.78 is 14.4. The molecule has 1 aliphatic rings. The quantitative estimate of drug-likeness (QED) is 0.929. The molecular weight excluding hydrogens is 285 g/mol. The number of hydrogen-bond donors (Lipinski definition) is 1. The van der Waals surface area contributed by atoms with Crippen LogP contribution in [0, 0.1) is 5.82 Å². The molecule has 6 nitrogen and oxygen atoms in total. The Morgan fingerprint density at radius 1 is 1.32 bits per heavy atom. The van der Waals surface area contributed by atoms with Gasteiger partial charge in [-0.05, 0) is 43.5 Å². The van der Waals surface area contributed by atoms with E-state index in [1.54, 1.807) is 23.2 Å². The summed E-state index contributed by atoms with van der Waals surface area (Å²) >= 11 is 0. The number of carbonyl (C=O) groups excluding carboxylic acids is 1. The van der Waals surface area contributed by atoms with Crippen molar-refractivity contribution in [1.29, 1.82) is 0 Å². The largest absolute Gasteiger partial charge is 0.333 e. The van der Waals surface area contributed by atoms with E-state index in [4.69, 9.17) is 5.73 Å². The van der Waals surface area contributed by atoms with Crippen molar-refractivity contribution in [3.05, 3.63) is 42.0 Å². The van der Waals surface area contributed by atoms with Crippen LogP contribution in [0.1, 0.15) is 29.8 Å². The Kier molecular flexibility index (Phi) is 4.15. The first kappa shape index (κ1) is 14.6. The highest BCUT2D eigenvalue weighted by Crippen LogP contribution is 2.18. The van der Waals surface area contributed by atoms with Crippen LogP contribution in [0.15, 0.2) is 30.5 Å². The lowest BCUT2D eigenvalue weighted by Gasteiger charge is -2.34. The summed E-state index contributed by atoms with van der Waals surface area (Å²) in [5.41, 5.74) is 6.69. The number of piperidine rings is 1. The van der Waals surface area contributed by atoms with Crippen molar-refractivity contribution in [2.24, 2.45) is 5.73 Å². The molecule has 1 amide bonds. The number of benzene rings is 1. The van der Waals surface area contributed by atoms with E-state index in [0.29, 0.717) is 18.8 Å². The molecule has 0 saturated carbocycles. The van der Waals surface area contributed by atoms with Gasteiger partial charge in [0, 0.05) is 19.1 Å². The lowest BCUT2D eigenvalue weighted by atomic mass is 10.0. The Bertz CT molecular complexity index is 654. The van der Waals surface area contributed by atoms with Crippen molar-refractivity contribution in [3.63, 3.8) is 0 Å². The van der Waals surface area contributed by atoms with Gasteiger partial charge in [-0.1, -0.05) is 5.21 Å². The molecule has 1 aliphatic heterocycles. The molecule has 0 aliphatic carbocycles. The van der Waals surface area contributed by atoms with E-state index in [9.17, 15) is 9.18 Å². The minimum atomic E-state index is -0.320. The van der Waals surface area contributed by atoms with Crippen molar-refractivity contribution >= 4 is 5.91 Å². The molecule has 1 aromatic heterocycles. The van der Waals surface area contributed by atoms with Crippen LogP contribution >= 0.6 is 0 Å². The van der Waals surface area contributed by atoms with Crippen LogP contribution in [0.3, 0.4) is 0 Å². The second-order valence-electron chi connectivity index (χ2n) is 5.41. The van der Waals surface area contributed by atoms with Crippen molar-refractivity contribution in [3.8, 4) is 5.69 Å². The summed E-state index contributed by atoms with van der Waals surface area (Å²) in [7, 11) is 0. The number of halogens is 1. The molecule has 0 spiro atoms. The van der Waals surface area contributed by atoms with Crippen LogP contribution in [0.5, 0.6) is 0 Å². The lowest BCUT2D eigenvalue weighted by Crippen LogP contribution is -2.47. The first-order chi connectivity index (χ1) is 10.7. The van der Waals surface area contributed by atoms with Gasteiger partial charge in [-0.25, -0.2) is 9.07 Å². The standard InChI is InChI=1S/C15H18FN5O/c16-11-4-6-12(7-5-11)21-10-14(18-19-21)15(22)20-8-2-1-3-13(20)9-17/h4-7,10,13H,1-3,8-9,17H2. The maximum absolute atomic E-state index is 12.9. The molecule has 2 aromatic rings. The molecule has 3 rings (SSSR count). The molecule has 2 heterocycles.